The Labute approximate surface area is 148 Å². The zero-order valence-electron chi connectivity index (χ0n) is 14.6. The Morgan fingerprint density at radius 3 is 2.20 bits per heavy atom. The molecule has 0 aliphatic heterocycles. The second-order valence-electron chi connectivity index (χ2n) is 7.54. The van der Waals surface area contributed by atoms with Gasteiger partial charge in [-0.3, -0.25) is 0 Å². The zero-order chi connectivity index (χ0) is 18.4. The molecule has 148 valence electrons. The quantitative estimate of drug-likeness (QED) is 0.265. The van der Waals surface area contributed by atoms with E-state index in [4.69, 9.17) is 4.74 Å². The highest BCUT2D eigenvalue weighted by Crippen LogP contribution is 2.33. The average Bonchev–Trinajstić information content (AvgIpc) is 2.64. The molecule has 0 saturated heterocycles. The van der Waals surface area contributed by atoms with Gasteiger partial charge in [0, 0.05) is 6.04 Å². The van der Waals surface area contributed by atoms with Gasteiger partial charge < -0.3 is 40.7 Å². The maximum absolute atomic E-state index is 10.8. The van der Waals surface area contributed by atoms with E-state index in [-0.39, 0.29) is 19.6 Å². The van der Waals surface area contributed by atoms with Crippen molar-refractivity contribution >= 4 is 0 Å². The summed E-state index contributed by atoms with van der Waals surface area (Å²) in [5.41, 5.74) is -1.71. The molecule has 0 spiro atoms. The van der Waals surface area contributed by atoms with Crippen LogP contribution in [0.15, 0.2) is 0 Å². The number of aliphatic hydroxyl groups is 6. The fourth-order valence-corrected chi connectivity index (χ4v) is 3.98. The molecule has 0 bridgehead atoms. The summed E-state index contributed by atoms with van der Waals surface area (Å²) < 4.78 is 5.77. The van der Waals surface area contributed by atoms with Crippen molar-refractivity contribution in [1.82, 2.24) is 5.32 Å². The fourth-order valence-electron chi connectivity index (χ4n) is 3.98. The third-order valence-corrected chi connectivity index (χ3v) is 5.58. The molecule has 2 fully saturated rings. The molecule has 2 saturated carbocycles. The van der Waals surface area contributed by atoms with Crippen molar-refractivity contribution in [1.29, 1.82) is 0 Å². The highest BCUT2D eigenvalue weighted by molar-refractivity contribution is 5.06. The number of rotatable bonds is 8. The molecule has 25 heavy (non-hydrogen) atoms. The van der Waals surface area contributed by atoms with Crippen molar-refractivity contribution in [2.45, 2.75) is 74.5 Å². The first kappa shape index (κ1) is 21.0. The average molecular weight is 363 g/mol. The van der Waals surface area contributed by atoms with Gasteiger partial charge in [0.05, 0.1) is 38.6 Å². The van der Waals surface area contributed by atoms with E-state index in [0.29, 0.717) is 12.5 Å². The molecule has 8 nitrogen and oxygen atoms in total. The summed E-state index contributed by atoms with van der Waals surface area (Å²) in [4.78, 5) is 0. The highest BCUT2D eigenvalue weighted by atomic mass is 16.5. The van der Waals surface area contributed by atoms with Crippen LogP contribution in [0.25, 0.3) is 0 Å². The summed E-state index contributed by atoms with van der Waals surface area (Å²) in [5.74, 6) is 0.366. The van der Waals surface area contributed by atoms with Gasteiger partial charge in [-0.2, -0.15) is 0 Å². The fraction of sp³-hybridized carbons (Fsp3) is 1.00. The lowest BCUT2D eigenvalue weighted by Gasteiger charge is -2.48. The van der Waals surface area contributed by atoms with Crippen molar-refractivity contribution in [3.63, 3.8) is 0 Å². The van der Waals surface area contributed by atoms with E-state index >= 15 is 0 Å². The molecule has 0 heterocycles. The Bertz CT molecular complexity index is 389. The zero-order valence-corrected chi connectivity index (χ0v) is 14.6. The highest BCUT2D eigenvalue weighted by Gasteiger charge is 2.53. The minimum atomic E-state index is -1.71. The van der Waals surface area contributed by atoms with Gasteiger partial charge in [-0.15, -0.1) is 0 Å². The largest absolute Gasteiger partial charge is 0.395 e. The SMILES string of the molecule is OCC(CO)N[C@@H]1C[C@@](O)(CO)[C@H](OCC2CCCCC2)[C@@H](O)[C@@H]1O. The summed E-state index contributed by atoms with van der Waals surface area (Å²) in [6.45, 7) is -0.943. The van der Waals surface area contributed by atoms with Crippen LogP contribution in [0, 0.1) is 5.92 Å². The molecule has 2 rings (SSSR count). The molecule has 7 N–H and O–H groups in total. The molecule has 0 aromatic heterocycles. The standard InChI is InChI=1S/C17H33NO7/c19-7-12(8-20)18-13-6-17(24,10-21)16(15(23)14(13)22)25-9-11-4-2-1-3-5-11/h11-16,18-24H,1-10H2/t13-,14-,15+,16-,17-/m1/s1. The number of hydrogen-bond acceptors (Lipinski definition) is 8. The normalized spacial score (nSPS) is 37.6. The van der Waals surface area contributed by atoms with Gasteiger partial charge in [0.15, 0.2) is 0 Å². The Morgan fingerprint density at radius 1 is 1.00 bits per heavy atom. The van der Waals surface area contributed by atoms with Crippen molar-refractivity contribution in [3.05, 3.63) is 0 Å². The van der Waals surface area contributed by atoms with Gasteiger partial charge in [-0.25, -0.2) is 0 Å². The van der Waals surface area contributed by atoms with E-state index < -0.39 is 42.6 Å². The van der Waals surface area contributed by atoms with Crippen LogP contribution in [0.2, 0.25) is 0 Å². The lowest BCUT2D eigenvalue weighted by Crippen LogP contribution is -2.69. The first-order chi connectivity index (χ1) is 11.9. The van der Waals surface area contributed by atoms with Crippen molar-refractivity contribution in [2.24, 2.45) is 5.92 Å². The Hall–Kier alpha value is -0.320. The van der Waals surface area contributed by atoms with Gasteiger partial charge in [0.2, 0.25) is 0 Å². The van der Waals surface area contributed by atoms with E-state index in [9.17, 15) is 30.6 Å². The summed E-state index contributed by atoms with van der Waals surface area (Å²) in [7, 11) is 0. The molecule has 8 heteroatoms. The van der Waals surface area contributed by atoms with Crippen LogP contribution in [-0.4, -0.2) is 93.1 Å². The summed E-state index contributed by atoms with van der Waals surface area (Å²) in [6.07, 6.45) is 1.81. The maximum Gasteiger partial charge on any atom is 0.118 e. The summed E-state index contributed by atoms with van der Waals surface area (Å²) in [5, 5.41) is 62.4. The van der Waals surface area contributed by atoms with Crippen LogP contribution in [0.3, 0.4) is 0 Å². The van der Waals surface area contributed by atoms with E-state index in [2.05, 4.69) is 5.32 Å². The van der Waals surface area contributed by atoms with Crippen LogP contribution in [-0.2, 0) is 4.74 Å². The van der Waals surface area contributed by atoms with Crippen LogP contribution >= 0.6 is 0 Å². The predicted molar refractivity (Wildman–Crippen MR) is 89.9 cm³/mol. The number of ether oxygens (including phenoxy) is 1. The molecule has 2 aliphatic rings. The summed E-state index contributed by atoms with van der Waals surface area (Å²) in [6, 6.07) is -1.47. The van der Waals surface area contributed by atoms with Crippen LogP contribution < -0.4 is 5.32 Å². The maximum atomic E-state index is 10.8. The minimum absolute atomic E-state index is 0.0619. The molecule has 0 aromatic carbocycles. The smallest absolute Gasteiger partial charge is 0.118 e. The molecule has 0 radical (unpaired) electrons. The Balaban J connectivity index is 2.02. The second-order valence-corrected chi connectivity index (χ2v) is 7.54. The minimum Gasteiger partial charge on any atom is -0.395 e. The van der Waals surface area contributed by atoms with E-state index in [1.54, 1.807) is 0 Å². The van der Waals surface area contributed by atoms with E-state index in [0.717, 1.165) is 25.7 Å². The molecule has 0 amide bonds. The number of nitrogens with one attached hydrogen (secondary N) is 1. The summed E-state index contributed by atoms with van der Waals surface area (Å²) >= 11 is 0. The molecule has 5 atom stereocenters. The van der Waals surface area contributed by atoms with Crippen LogP contribution in [0.5, 0.6) is 0 Å². The van der Waals surface area contributed by atoms with Crippen LogP contribution in [0.1, 0.15) is 38.5 Å². The molecule has 0 unspecified atom stereocenters. The number of aliphatic hydroxyl groups excluding tert-OH is 5. The molecular formula is C17H33NO7. The first-order valence-electron chi connectivity index (χ1n) is 9.24. The molecule has 2 aliphatic carbocycles. The topological polar surface area (TPSA) is 143 Å². The van der Waals surface area contributed by atoms with Crippen molar-refractivity contribution in [2.75, 3.05) is 26.4 Å². The van der Waals surface area contributed by atoms with Crippen LogP contribution in [0.4, 0.5) is 0 Å². The van der Waals surface area contributed by atoms with E-state index in [1.165, 1.54) is 6.42 Å². The van der Waals surface area contributed by atoms with E-state index in [1.807, 2.05) is 0 Å². The Morgan fingerprint density at radius 2 is 1.64 bits per heavy atom. The van der Waals surface area contributed by atoms with Gasteiger partial charge in [-0.05, 0) is 25.2 Å². The predicted octanol–water partition coefficient (Wildman–Crippen LogP) is -1.89. The van der Waals surface area contributed by atoms with Gasteiger partial charge >= 0.3 is 0 Å². The lowest BCUT2D eigenvalue weighted by atomic mass is 9.76. The second kappa shape index (κ2) is 9.57. The Kier molecular flexibility index (Phi) is 8.03. The number of hydrogen-bond donors (Lipinski definition) is 7. The molecular weight excluding hydrogens is 330 g/mol. The van der Waals surface area contributed by atoms with Gasteiger partial charge in [0.25, 0.3) is 0 Å². The van der Waals surface area contributed by atoms with Crippen molar-refractivity contribution in [3.8, 4) is 0 Å². The third kappa shape index (κ3) is 5.11. The third-order valence-electron chi connectivity index (χ3n) is 5.58. The van der Waals surface area contributed by atoms with Gasteiger partial charge in [-0.1, -0.05) is 19.3 Å². The van der Waals surface area contributed by atoms with Gasteiger partial charge in [0.1, 0.15) is 17.8 Å². The monoisotopic (exact) mass is 363 g/mol. The molecule has 0 aromatic rings. The lowest BCUT2D eigenvalue weighted by molar-refractivity contribution is -0.228. The first-order valence-corrected chi connectivity index (χ1v) is 9.24. The van der Waals surface area contributed by atoms with Crippen molar-refractivity contribution < 1.29 is 35.4 Å².